The Morgan fingerprint density at radius 1 is 1.26 bits per heavy atom. The summed E-state index contributed by atoms with van der Waals surface area (Å²) < 4.78 is 0. The van der Waals surface area contributed by atoms with Crippen LogP contribution < -0.4 is 10.6 Å². The number of amides is 2. The van der Waals surface area contributed by atoms with Crippen LogP contribution in [0.1, 0.15) is 33.6 Å². The van der Waals surface area contributed by atoms with Gasteiger partial charge in [-0.25, -0.2) is 4.99 Å². The lowest BCUT2D eigenvalue weighted by atomic mass is 10.0. The van der Waals surface area contributed by atoms with Gasteiger partial charge in [-0.3, -0.25) is 9.59 Å². The maximum Gasteiger partial charge on any atom is 0.243 e. The molecule has 7 nitrogen and oxygen atoms in total. The number of hydrogen-bond donors (Lipinski definition) is 2. The third kappa shape index (κ3) is 6.46. The van der Waals surface area contributed by atoms with E-state index in [9.17, 15) is 9.59 Å². The summed E-state index contributed by atoms with van der Waals surface area (Å²) in [5.41, 5.74) is 0. The van der Waals surface area contributed by atoms with E-state index in [0.29, 0.717) is 5.96 Å². The lowest BCUT2D eigenvalue weighted by Crippen LogP contribution is -2.50. The fraction of sp³-hybridized carbons (Fsp3) is 0.812. The summed E-state index contributed by atoms with van der Waals surface area (Å²) in [5.74, 6) is 0.909. The van der Waals surface area contributed by atoms with Gasteiger partial charge in [0.15, 0.2) is 5.96 Å². The summed E-state index contributed by atoms with van der Waals surface area (Å²) in [6, 6.07) is 0.276. The zero-order chi connectivity index (χ0) is 17.4. The van der Waals surface area contributed by atoms with Crippen molar-refractivity contribution < 1.29 is 9.59 Å². The number of carbonyl (C=O) groups excluding carboxylic acids is 2. The molecule has 1 rings (SSSR count). The van der Waals surface area contributed by atoms with Crippen molar-refractivity contribution in [1.29, 1.82) is 0 Å². The normalized spacial score (nSPS) is 16.4. The van der Waals surface area contributed by atoms with Crippen LogP contribution in [0.25, 0.3) is 0 Å². The molecule has 1 saturated heterocycles. The monoisotopic (exact) mass is 325 g/mol. The van der Waals surface area contributed by atoms with E-state index in [4.69, 9.17) is 0 Å². The van der Waals surface area contributed by atoms with E-state index in [0.717, 1.165) is 32.5 Å². The van der Waals surface area contributed by atoms with Crippen LogP contribution in [0.4, 0.5) is 0 Å². The Kier molecular flexibility index (Phi) is 7.85. The van der Waals surface area contributed by atoms with Gasteiger partial charge in [0.05, 0.1) is 0 Å². The molecule has 7 heteroatoms. The lowest BCUT2D eigenvalue weighted by Gasteiger charge is -2.34. The zero-order valence-electron chi connectivity index (χ0n) is 15.1. The molecule has 2 N–H and O–H groups in total. The van der Waals surface area contributed by atoms with Crippen LogP contribution in [0.2, 0.25) is 0 Å². The largest absolute Gasteiger partial charge is 0.357 e. The van der Waals surface area contributed by atoms with E-state index in [-0.39, 0.29) is 30.3 Å². The van der Waals surface area contributed by atoms with E-state index >= 15 is 0 Å². The Hall–Kier alpha value is -1.79. The number of likely N-dealkylation sites (N-methyl/N-ethyl adjacent to an activating group) is 1. The number of rotatable bonds is 5. The maximum absolute atomic E-state index is 12.0. The van der Waals surface area contributed by atoms with Crippen molar-refractivity contribution in [2.45, 2.75) is 39.7 Å². The third-order valence-electron chi connectivity index (χ3n) is 3.86. The molecule has 0 aromatic carbocycles. The van der Waals surface area contributed by atoms with Gasteiger partial charge in [0.2, 0.25) is 11.8 Å². The number of piperidine rings is 1. The number of nitrogens with zero attached hydrogens (tertiary/aromatic N) is 3. The number of nitrogens with one attached hydrogen (secondary N) is 2. The molecule has 1 aliphatic rings. The number of guanidine groups is 1. The number of aliphatic imine (C=N–C) groups is 1. The van der Waals surface area contributed by atoms with Crippen molar-refractivity contribution in [1.82, 2.24) is 20.4 Å². The molecule has 0 aliphatic carbocycles. The van der Waals surface area contributed by atoms with Gasteiger partial charge in [0, 0.05) is 45.7 Å². The molecule has 1 aliphatic heterocycles. The molecule has 0 spiro atoms. The van der Waals surface area contributed by atoms with Crippen molar-refractivity contribution in [2.24, 2.45) is 10.9 Å². The minimum absolute atomic E-state index is 0.0282. The van der Waals surface area contributed by atoms with Gasteiger partial charge in [-0.1, -0.05) is 13.8 Å². The topological polar surface area (TPSA) is 77.0 Å². The van der Waals surface area contributed by atoms with E-state index in [2.05, 4.69) is 15.6 Å². The highest BCUT2D eigenvalue weighted by Gasteiger charge is 2.24. The molecule has 1 heterocycles. The molecule has 1 fully saturated rings. The molecule has 2 amide bonds. The second-order valence-electron chi connectivity index (χ2n) is 6.38. The fourth-order valence-electron chi connectivity index (χ4n) is 2.41. The standard InChI is InChI=1S/C16H31N5O2/c1-6-17-16(18-11-14(22)20(4)5)19-13-7-9-21(10-8-13)15(23)12(2)3/h12-13H,6-11H2,1-5H3,(H2,17,18,19). The molecule has 0 radical (unpaired) electrons. The molecule has 0 aromatic heterocycles. The molecule has 23 heavy (non-hydrogen) atoms. The van der Waals surface area contributed by atoms with Crippen molar-refractivity contribution in [3.8, 4) is 0 Å². The molecular formula is C16H31N5O2. The van der Waals surface area contributed by atoms with Crippen LogP contribution in [0, 0.1) is 5.92 Å². The first-order valence-electron chi connectivity index (χ1n) is 8.38. The maximum atomic E-state index is 12.0. The summed E-state index contributed by atoms with van der Waals surface area (Å²) in [6.07, 6.45) is 1.79. The zero-order valence-corrected chi connectivity index (χ0v) is 15.1. The molecule has 0 bridgehead atoms. The van der Waals surface area contributed by atoms with Gasteiger partial charge >= 0.3 is 0 Å². The summed E-state index contributed by atoms with van der Waals surface area (Å²) >= 11 is 0. The van der Waals surface area contributed by atoms with Gasteiger partial charge < -0.3 is 20.4 Å². The summed E-state index contributed by atoms with van der Waals surface area (Å²) in [5, 5.41) is 6.53. The quantitative estimate of drug-likeness (QED) is 0.562. The van der Waals surface area contributed by atoms with Crippen LogP contribution in [0.15, 0.2) is 4.99 Å². The van der Waals surface area contributed by atoms with Crippen LogP contribution >= 0.6 is 0 Å². The van der Waals surface area contributed by atoms with Crippen molar-refractivity contribution >= 4 is 17.8 Å². The molecule has 0 atom stereocenters. The lowest BCUT2D eigenvalue weighted by molar-refractivity contribution is -0.135. The smallest absolute Gasteiger partial charge is 0.243 e. The SMILES string of the molecule is CCNC(=NCC(=O)N(C)C)NC1CCN(C(=O)C(C)C)CC1. The highest BCUT2D eigenvalue weighted by Crippen LogP contribution is 2.13. The van der Waals surface area contributed by atoms with E-state index < -0.39 is 0 Å². The molecule has 0 aromatic rings. The number of carbonyl (C=O) groups is 2. The molecule has 0 saturated carbocycles. The third-order valence-corrected chi connectivity index (χ3v) is 3.86. The Labute approximate surface area is 139 Å². The Morgan fingerprint density at radius 3 is 2.35 bits per heavy atom. The first-order chi connectivity index (χ1) is 10.8. The van der Waals surface area contributed by atoms with E-state index in [1.165, 1.54) is 4.90 Å². The van der Waals surface area contributed by atoms with Gasteiger partial charge in [0.25, 0.3) is 0 Å². The van der Waals surface area contributed by atoms with Gasteiger partial charge in [-0.05, 0) is 19.8 Å². The van der Waals surface area contributed by atoms with Crippen LogP contribution in [0.5, 0.6) is 0 Å². The Balaban J connectivity index is 2.51. The highest BCUT2D eigenvalue weighted by atomic mass is 16.2. The summed E-state index contributed by atoms with van der Waals surface area (Å²) in [7, 11) is 3.44. The average Bonchev–Trinajstić information content (AvgIpc) is 2.52. The van der Waals surface area contributed by atoms with Crippen molar-refractivity contribution in [2.75, 3.05) is 40.3 Å². The van der Waals surface area contributed by atoms with Crippen molar-refractivity contribution in [3.05, 3.63) is 0 Å². The average molecular weight is 325 g/mol. The molecular weight excluding hydrogens is 294 g/mol. The van der Waals surface area contributed by atoms with Crippen molar-refractivity contribution in [3.63, 3.8) is 0 Å². The first kappa shape index (κ1) is 19.3. The fourth-order valence-corrected chi connectivity index (χ4v) is 2.41. The van der Waals surface area contributed by atoms with Gasteiger partial charge in [-0.15, -0.1) is 0 Å². The summed E-state index contributed by atoms with van der Waals surface area (Å²) in [4.78, 5) is 31.4. The van der Waals surface area contributed by atoms with E-state index in [1.54, 1.807) is 14.1 Å². The van der Waals surface area contributed by atoms with Gasteiger partial charge in [-0.2, -0.15) is 0 Å². The van der Waals surface area contributed by atoms with E-state index in [1.807, 2.05) is 25.7 Å². The molecule has 132 valence electrons. The number of hydrogen-bond acceptors (Lipinski definition) is 3. The minimum atomic E-state index is -0.0282. The van der Waals surface area contributed by atoms with Crippen LogP contribution in [0.3, 0.4) is 0 Å². The minimum Gasteiger partial charge on any atom is -0.357 e. The second-order valence-corrected chi connectivity index (χ2v) is 6.38. The first-order valence-corrected chi connectivity index (χ1v) is 8.38. The predicted molar refractivity (Wildman–Crippen MR) is 92.2 cm³/mol. The van der Waals surface area contributed by atoms with Crippen LogP contribution in [-0.2, 0) is 9.59 Å². The summed E-state index contributed by atoms with van der Waals surface area (Å²) in [6.45, 7) is 8.28. The van der Waals surface area contributed by atoms with Crippen LogP contribution in [-0.4, -0.2) is 73.9 Å². The predicted octanol–water partition coefficient (Wildman–Crippen LogP) is 0.277. The second kappa shape index (κ2) is 9.37. The number of likely N-dealkylation sites (tertiary alicyclic amines) is 1. The molecule has 0 unspecified atom stereocenters. The Morgan fingerprint density at radius 2 is 1.87 bits per heavy atom. The highest BCUT2D eigenvalue weighted by molar-refractivity contribution is 5.85. The Bertz CT molecular complexity index is 426. The van der Waals surface area contributed by atoms with Gasteiger partial charge in [0.1, 0.15) is 6.54 Å².